The second kappa shape index (κ2) is 8.68. The van der Waals surface area contributed by atoms with Gasteiger partial charge in [0, 0.05) is 17.3 Å². The van der Waals surface area contributed by atoms with Crippen molar-refractivity contribution in [3.05, 3.63) is 81.0 Å². The molecule has 166 valence electrons. The van der Waals surface area contributed by atoms with Crippen LogP contribution in [-0.2, 0) is 5.41 Å². The molecule has 0 spiro atoms. The second-order valence-corrected chi connectivity index (χ2v) is 11.6. The lowest BCUT2D eigenvalue weighted by Crippen LogP contribution is -2.26. The van der Waals surface area contributed by atoms with E-state index >= 15 is 0 Å². The van der Waals surface area contributed by atoms with Crippen LogP contribution in [0, 0.1) is 18.3 Å². The summed E-state index contributed by atoms with van der Waals surface area (Å²) in [5, 5.41) is 1.17. The molecule has 0 bridgehead atoms. The Bertz CT molecular complexity index is 1010. The first-order valence-electron chi connectivity index (χ1n) is 11.1. The Morgan fingerprint density at radius 1 is 0.871 bits per heavy atom. The van der Waals surface area contributed by atoms with E-state index in [-0.39, 0.29) is 10.8 Å². The number of nitrogens with zero attached hydrogens (tertiary/aromatic N) is 1. The number of anilines is 2. The van der Waals surface area contributed by atoms with Crippen LogP contribution in [0.4, 0.5) is 11.4 Å². The Balaban J connectivity index is 2.19. The highest BCUT2D eigenvalue weighted by atomic mass is 35.5. The van der Waals surface area contributed by atoms with E-state index in [1.54, 1.807) is 0 Å². The molecule has 1 nitrogen and oxygen atoms in total. The largest absolute Gasteiger partial charge is 0.312 e. The number of allylic oxidation sites excluding steroid dienone is 4. The molecule has 2 aromatic carbocycles. The van der Waals surface area contributed by atoms with E-state index in [9.17, 15) is 0 Å². The van der Waals surface area contributed by atoms with Crippen LogP contribution in [0.5, 0.6) is 0 Å². The van der Waals surface area contributed by atoms with Gasteiger partial charge in [0.15, 0.2) is 0 Å². The van der Waals surface area contributed by atoms with E-state index in [2.05, 4.69) is 103 Å². The van der Waals surface area contributed by atoms with Crippen molar-refractivity contribution in [3.8, 4) is 0 Å². The lowest BCUT2D eigenvalue weighted by molar-refractivity contribution is 0.453. The van der Waals surface area contributed by atoms with Gasteiger partial charge in [-0.05, 0) is 65.6 Å². The Morgan fingerprint density at radius 2 is 1.48 bits per heavy atom. The van der Waals surface area contributed by atoms with Crippen LogP contribution in [0.15, 0.2) is 59.8 Å². The van der Waals surface area contributed by atoms with Gasteiger partial charge in [-0.2, -0.15) is 0 Å². The molecule has 0 amide bonds. The van der Waals surface area contributed by atoms with Gasteiger partial charge in [-0.25, -0.2) is 0 Å². The van der Waals surface area contributed by atoms with Crippen molar-refractivity contribution in [1.82, 2.24) is 0 Å². The topological polar surface area (TPSA) is 3.24 Å². The average molecular weight is 457 g/mol. The highest BCUT2D eigenvalue weighted by Gasteiger charge is 2.29. The molecule has 0 aliphatic heterocycles. The second-order valence-electron chi connectivity index (χ2n) is 10.9. The molecule has 1 aliphatic rings. The third-order valence-corrected chi connectivity index (χ3v) is 6.89. The number of aryl methyl sites for hydroxylation is 1. The molecule has 0 saturated heterocycles. The first-order valence-corrected chi connectivity index (χ1v) is 11.8. The molecule has 0 saturated carbocycles. The molecule has 0 N–H and O–H groups in total. The summed E-state index contributed by atoms with van der Waals surface area (Å²) < 4.78 is 0. The van der Waals surface area contributed by atoms with E-state index < -0.39 is 0 Å². The van der Waals surface area contributed by atoms with Gasteiger partial charge >= 0.3 is 0 Å². The summed E-state index contributed by atoms with van der Waals surface area (Å²) in [6.07, 6.45) is 5.58. The van der Waals surface area contributed by atoms with Gasteiger partial charge < -0.3 is 4.90 Å². The normalized spacial score (nSPS) is 17.3. The zero-order chi connectivity index (χ0) is 23.1. The fourth-order valence-corrected chi connectivity index (χ4v) is 4.57. The average Bonchev–Trinajstić information content (AvgIpc) is 2.66. The maximum absolute atomic E-state index is 6.77. The summed E-state index contributed by atoms with van der Waals surface area (Å²) in [5.41, 5.74) is 7.42. The van der Waals surface area contributed by atoms with Crippen molar-refractivity contribution in [3.63, 3.8) is 0 Å². The van der Waals surface area contributed by atoms with E-state index in [1.165, 1.54) is 16.8 Å². The van der Waals surface area contributed by atoms with Gasteiger partial charge in [-0.15, -0.1) is 0 Å². The van der Waals surface area contributed by atoms with Gasteiger partial charge in [0.1, 0.15) is 0 Å². The SMILES string of the molecule is Cc1cc(Cl)c(Cl)c(N(C2=CC=C(C(C)(C)C)CC2C)c2ccc(C(C)(C)C)cc2)c1. The lowest BCUT2D eigenvalue weighted by atomic mass is 9.78. The molecule has 1 aliphatic carbocycles. The summed E-state index contributed by atoms with van der Waals surface area (Å²) in [4.78, 5) is 2.29. The van der Waals surface area contributed by atoms with Crippen molar-refractivity contribution < 1.29 is 0 Å². The molecule has 0 aromatic heterocycles. The van der Waals surface area contributed by atoms with Crippen molar-refractivity contribution in [1.29, 1.82) is 0 Å². The quantitative estimate of drug-likeness (QED) is 0.444. The van der Waals surface area contributed by atoms with Crippen LogP contribution >= 0.6 is 23.2 Å². The first-order chi connectivity index (χ1) is 14.3. The minimum absolute atomic E-state index is 0.107. The van der Waals surface area contributed by atoms with Crippen molar-refractivity contribution in [2.24, 2.45) is 11.3 Å². The zero-order valence-corrected chi connectivity index (χ0v) is 21.6. The van der Waals surface area contributed by atoms with Crippen LogP contribution in [0.25, 0.3) is 0 Å². The van der Waals surface area contributed by atoms with E-state index in [4.69, 9.17) is 23.2 Å². The van der Waals surface area contributed by atoms with Gasteiger partial charge in [0.25, 0.3) is 0 Å². The predicted octanol–water partition coefficient (Wildman–Crippen LogP) is 9.63. The van der Waals surface area contributed by atoms with Crippen LogP contribution in [-0.4, -0.2) is 0 Å². The van der Waals surface area contributed by atoms with E-state index in [1.807, 2.05) is 6.07 Å². The molecule has 0 radical (unpaired) electrons. The molecule has 31 heavy (non-hydrogen) atoms. The smallest absolute Gasteiger partial charge is 0.0832 e. The number of hydrogen-bond donors (Lipinski definition) is 0. The van der Waals surface area contributed by atoms with E-state index in [0.29, 0.717) is 16.0 Å². The maximum atomic E-state index is 6.77. The van der Waals surface area contributed by atoms with Crippen molar-refractivity contribution >= 4 is 34.6 Å². The number of rotatable bonds is 3. The van der Waals surface area contributed by atoms with E-state index in [0.717, 1.165) is 23.4 Å². The summed E-state index contributed by atoms with van der Waals surface area (Å²) in [7, 11) is 0. The third-order valence-electron chi connectivity index (χ3n) is 6.09. The monoisotopic (exact) mass is 455 g/mol. The fourth-order valence-electron chi connectivity index (χ4n) is 4.11. The molecule has 3 heteroatoms. The molecule has 1 unspecified atom stereocenters. The Labute approximate surface area is 198 Å². The molecule has 0 heterocycles. The predicted molar refractivity (Wildman–Crippen MR) is 138 cm³/mol. The van der Waals surface area contributed by atoms with Crippen LogP contribution in [0.2, 0.25) is 10.0 Å². The third kappa shape index (κ3) is 5.21. The lowest BCUT2D eigenvalue weighted by Gasteiger charge is -2.37. The van der Waals surface area contributed by atoms with Gasteiger partial charge in [-0.3, -0.25) is 0 Å². The summed E-state index contributed by atoms with van der Waals surface area (Å²) in [5.74, 6) is 0.358. The molecule has 3 rings (SSSR count). The van der Waals surface area contributed by atoms with Crippen molar-refractivity contribution in [2.75, 3.05) is 4.90 Å². The van der Waals surface area contributed by atoms with Gasteiger partial charge in [-0.1, -0.05) is 95.4 Å². The Morgan fingerprint density at radius 3 is 2.00 bits per heavy atom. The molecule has 0 fully saturated rings. The van der Waals surface area contributed by atoms with Gasteiger partial charge in [0.2, 0.25) is 0 Å². The summed E-state index contributed by atoms with van der Waals surface area (Å²) in [6, 6.07) is 12.9. The minimum Gasteiger partial charge on any atom is -0.312 e. The molecular weight excluding hydrogens is 421 g/mol. The van der Waals surface area contributed by atoms with Crippen LogP contribution < -0.4 is 4.90 Å². The van der Waals surface area contributed by atoms with Crippen LogP contribution in [0.3, 0.4) is 0 Å². The maximum Gasteiger partial charge on any atom is 0.0832 e. The van der Waals surface area contributed by atoms with Gasteiger partial charge in [0.05, 0.1) is 15.7 Å². The fraction of sp³-hybridized carbons (Fsp3) is 0.429. The zero-order valence-electron chi connectivity index (χ0n) is 20.1. The highest BCUT2D eigenvalue weighted by Crippen LogP contribution is 2.45. The first kappa shape index (κ1) is 24.0. The minimum atomic E-state index is 0.107. The standard InChI is InChI=1S/C28H35Cl2N/c1-18-15-23(29)26(30)25(16-18)31(22-12-9-20(10-13-22)27(3,4)5)24-14-11-21(17-19(24)2)28(6,7)8/h9-16,19H,17H2,1-8H3. The Kier molecular flexibility index (Phi) is 6.71. The Hall–Kier alpha value is -1.70. The van der Waals surface area contributed by atoms with Crippen LogP contribution in [0.1, 0.15) is 66.0 Å². The number of hydrogen-bond acceptors (Lipinski definition) is 1. The summed E-state index contributed by atoms with van der Waals surface area (Å²) >= 11 is 13.3. The molecule has 1 atom stereocenters. The molecule has 2 aromatic rings. The number of benzene rings is 2. The number of halogens is 2. The highest BCUT2D eigenvalue weighted by molar-refractivity contribution is 6.44. The summed E-state index contributed by atoms with van der Waals surface area (Å²) in [6.45, 7) is 17.9. The molecular formula is C28H35Cl2N. The van der Waals surface area contributed by atoms with Crippen molar-refractivity contribution in [2.45, 2.75) is 67.2 Å².